The maximum absolute atomic E-state index is 13.9. The Morgan fingerprint density at radius 2 is 1.67 bits per heavy atom. The van der Waals surface area contributed by atoms with Gasteiger partial charge >= 0.3 is 0 Å². The highest BCUT2D eigenvalue weighted by atomic mass is 16.2. The minimum Gasteiger partial charge on any atom is -0.346 e. The van der Waals surface area contributed by atoms with Crippen LogP contribution in [0.25, 0.3) is 5.57 Å². The van der Waals surface area contributed by atoms with Crippen molar-refractivity contribution < 1.29 is 4.79 Å². The highest BCUT2D eigenvalue weighted by Gasteiger charge is 2.47. The van der Waals surface area contributed by atoms with Crippen molar-refractivity contribution in [2.24, 2.45) is 17.8 Å². The molecule has 2 fully saturated rings. The Morgan fingerprint density at radius 1 is 0.970 bits per heavy atom. The SMILES string of the molecule is Cc1cc(C)nc(N2C[C@H]3CN(C(=O)C4C(c5ncccn5)=CN5C=CC=CC45)C[C@H]3C2)n1. The Bertz CT molecular complexity index is 1140. The first-order valence-electron chi connectivity index (χ1n) is 11.5. The van der Waals surface area contributed by atoms with Crippen LogP contribution >= 0.6 is 0 Å². The maximum Gasteiger partial charge on any atom is 0.232 e. The van der Waals surface area contributed by atoms with Gasteiger partial charge in [-0.05, 0) is 32.1 Å². The Balaban J connectivity index is 1.20. The number of allylic oxidation sites excluding steroid dienone is 2. The number of aryl methyl sites for hydroxylation is 2. The summed E-state index contributed by atoms with van der Waals surface area (Å²) in [5.41, 5.74) is 2.88. The summed E-state index contributed by atoms with van der Waals surface area (Å²) in [6, 6.07) is 3.78. The minimum atomic E-state index is -0.300. The van der Waals surface area contributed by atoms with Crippen LogP contribution in [0.3, 0.4) is 0 Å². The van der Waals surface area contributed by atoms with Gasteiger partial charge < -0.3 is 14.7 Å². The molecular weight excluding hydrogens is 414 g/mol. The smallest absolute Gasteiger partial charge is 0.232 e. The van der Waals surface area contributed by atoms with Crippen LogP contribution in [0.1, 0.15) is 17.2 Å². The van der Waals surface area contributed by atoms with Crippen LogP contribution in [-0.2, 0) is 4.79 Å². The number of aromatic nitrogens is 4. The molecule has 4 aliphatic rings. The molecule has 0 saturated carbocycles. The summed E-state index contributed by atoms with van der Waals surface area (Å²) in [5.74, 6) is 2.20. The van der Waals surface area contributed by atoms with Gasteiger partial charge in [-0.25, -0.2) is 19.9 Å². The van der Waals surface area contributed by atoms with E-state index in [1.807, 2.05) is 44.5 Å². The van der Waals surface area contributed by atoms with Gasteiger partial charge in [-0.15, -0.1) is 0 Å². The van der Waals surface area contributed by atoms with Crippen molar-refractivity contribution in [1.82, 2.24) is 29.7 Å². The zero-order valence-corrected chi connectivity index (χ0v) is 18.9. The Hall–Kier alpha value is -3.55. The number of anilines is 1. The Kier molecular flexibility index (Phi) is 4.74. The fourth-order valence-electron chi connectivity index (χ4n) is 5.67. The van der Waals surface area contributed by atoms with E-state index in [0.29, 0.717) is 17.7 Å². The first kappa shape index (κ1) is 20.1. The van der Waals surface area contributed by atoms with E-state index in [1.54, 1.807) is 18.5 Å². The number of hydrogen-bond acceptors (Lipinski definition) is 7. The second-order valence-electron chi connectivity index (χ2n) is 9.42. The van der Waals surface area contributed by atoms with Gasteiger partial charge in [-0.2, -0.15) is 0 Å². The molecule has 0 radical (unpaired) electrons. The molecule has 2 saturated heterocycles. The van der Waals surface area contributed by atoms with Crippen LogP contribution in [0.15, 0.2) is 55.2 Å². The zero-order chi connectivity index (χ0) is 22.5. The van der Waals surface area contributed by atoms with E-state index in [1.165, 1.54) is 0 Å². The number of likely N-dealkylation sites (tertiary alicyclic amines) is 1. The predicted octanol–water partition coefficient (Wildman–Crippen LogP) is 2.20. The number of carbonyl (C=O) groups is 1. The minimum absolute atomic E-state index is 0.0260. The third-order valence-electron chi connectivity index (χ3n) is 7.13. The summed E-state index contributed by atoms with van der Waals surface area (Å²) >= 11 is 0. The summed E-state index contributed by atoms with van der Waals surface area (Å²) in [7, 11) is 0. The summed E-state index contributed by atoms with van der Waals surface area (Å²) < 4.78 is 0. The summed E-state index contributed by atoms with van der Waals surface area (Å²) in [4.78, 5) is 38.5. The predicted molar refractivity (Wildman–Crippen MR) is 125 cm³/mol. The Morgan fingerprint density at radius 3 is 2.36 bits per heavy atom. The molecule has 4 aliphatic heterocycles. The first-order valence-corrected chi connectivity index (χ1v) is 11.5. The summed E-state index contributed by atoms with van der Waals surface area (Å²) in [6.45, 7) is 7.36. The molecule has 2 aromatic heterocycles. The zero-order valence-electron chi connectivity index (χ0n) is 18.9. The molecule has 2 aromatic rings. The molecule has 0 bridgehead atoms. The second-order valence-corrected chi connectivity index (χ2v) is 9.42. The summed E-state index contributed by atoms with van der Waals surface area (Å²) in [5, 5.41) is 0. The van der Waals surface area contributed by atoms with E-state index in [9.17, 15) is 4.79 Å². The molecule has 8 heteroatoms. The van der Waals surface area contributed by atoms with E-state index >= 15 is 0 Å². The van der Waals surface area contributed by atoms with Crippen LogP contribution in [-0.4, -0.2) is 67.9 Å². The molecule has 0 aliphatic carbocycles. The topological polar surface area (TPSA) is 78.4 Å². The van der Waals surface area contributed by atoms with Gasteiger partial charge in [0.05, 0.1) is 12.0 Å². The van der Waals surface area contributed by atoms with Crippen molar-refractivity contribution in [1.29, 1.82) is 0 Å². The monoisotopic (exact) mass is 441 g/mol. The third kappa shape index (κ3) is 3.50. The maximum atomic E-state index is 13.9. The van der Waals surface area contributed by atoms with E-state index in [-0.39, 0.29) is 17.9 Å². The standard InChI is InChI=1S/C25H27N7O/c1-16-10-17(2)29-25(28-16)32-13-18-11-31(12-19(18)14-32)24(33)22-20(23-26-7-5-8-27-23)15-30-9-4-3-6-21(22)30/h3-10,15,18-19,21-22H,11-14H2,1-2H3/t18-,19+,21?,22?. The van der Waals surface area contributed by atoms with Gasteiger partial charge in [0.15, 0.2) is 5.82 Å². The van der Waals surface area contributed by atoms with E-state index in [0.717, 1.165) is 49.1 Å². The highest BCUT2D eigenvalue weighted by molar-refractivity contribution is 5.93. The fourth-order valence-corrected chi connectivity index (χ4v) is 5.67. The lowest BCUT2D eigenvalue weighted by atomic mass is 9.91. The van der Waals surface area contributed by atoms with Crippen molar-refractivity contribution >= 4 is 17.4 Å². The van der Waals surface area contributed by atoms with Crippen molar-refractivity contribution in [3.63, 3.8) is 0 Å². The van der Waals surface area contributed by atoms with Gasteiger partial charge in [-0.1, -0.05) is 12.2 Å². The van der Waals surface area contributed by atoms with Crippen LogP contribution in [0.5, 0.6) is 0 Å². The number of amides is 1. The van der Waals surface area contributed by atoms with Crippen molar-refractivity contribution in [3.05, 3.63) is 72.4 Å². The molecule has 0 aromatic carbocycles. The van der Waals surface area contributed by atoms with Crippen molar-refractivity contribution in [2.45, 2.75) is 19.9 Å². The van der Waals surface area contributed by atoms with Gasteiger partial charge in [0.25, 0.3) is 0 Å². The van der Waals surface area contributed by atoms with E-state index in [2.05, 4.69) is 40.7 Å². The molecule has 8 nitrogen and oxygen atoms in total. The first-order chi connectivity index (χ1) is 16.1. The number of rotatable bonds is 3. The molecule has 0 N–H and O–H groups in total. The quantitative estimate of drug-likeness (QED) is 0.723. The lowest BCUT2D eigenvalue weighted by Crippen LogP contribution is -2.42. The molecular formula is C25H27N7O. The molecule has 1 amide bonds. The molecule has 0 spiro atoms. The van der Waals surface area contributed by atoms with Gasteiger partial charge in [-0.3, -0.25) is 4.79 Å². The van der Waals surface area contributed by atoms with E-state index in [4.69, 9.17) is 0 Å². The molecule has 4 atom stereocenters. The second kappa shape index (κ2) is 7.79. The average molecular weight is 442 g/mol. The lowest BCUT2D eigenvalue weighted by molar-refractivity contribution is -0.133. The van der Waals surface area contributed by atoms with Gasteiger partial charge in [0, 0.05) is 79.8 Å². The normalized spacial score (nSPS) is 27.7. The van der Waals surface area contributed by atoms with E-state index < -0.39 is 0 Å². The van der Waals surface area contributed by atoms with Crippen molar-refractivity contribution in [2.75, 3.05) is 31.1 Å². The van der Waals surface area contributed by atoms with Gasteiger partial charge in [0.2, 0.25) is 11.9 Å². The van der Waals surface area contributed by atoms with Crippen LogP contribution < -0.4 is 4.90 Å². The molecule has 6 heterocycles. The highest BCUT2D eigenvalue weighted by Crippen LogP contribution is 2.40. The van der Waals surface area contributed by atoms with Gasteiger partial charge in [0.1, 0.15) is 0 Å². The fraction of sp³-hybridized carbons (Fsp3) is 0.400. The Labute approximate surface area is 193 Å². The molecule has 2 unspecified atom stereocenters. The third-order valence-corrected chi connectivity index (χ3v) is 7.13. The lowest BCUT2D eigenvalue weighted by Gasteiger charge is -2.30. The number of fused-ring (bicyclic) bond motifs is 2. The average Bonchev–Trinajstić information content (AvgIpc) is 3.50. The number of nitrogens with zero attached hydrogens (tertiary/aromatic N) is 7. The molecule has 33 heavy (non-hydrogen) atoms. The van der Waals surface area contributed by atoms with Crippen molar-refractivity contribution in [3.8, 4) is 0 Å². The van der Waals surface area contributed by atoms with Crippen LogP contribution in [0, 0.1) is 31.6 Å². The molecule has 6 rings (SSSR count). The summed E-state index contributed by atoms with van der Waals surface area (Å²) in [6.07, 6.45) is 13.6. The largest absolute Gasteiger partial charge is 0.346 e. The number of hydrogen-bond donors (Lipinski definition) is 0. The molecule has 168 valence electrons. The van der Waals surface area contributed by atoms with Crippen LogP contribution in [0.2, 0.25) is 0 Å². The number of carbonyl (C=O) groups excluding carboxylic acids is 1. The van der Waals surface area contributed by atoms with Crippen LogP contribution in [0.4, 0.5) is 5.95 Å².